The number of likely N-dealkylation sites (tertiary alicyclic amines) is 1. The first-order valence-corrected chi connectivity index (χ1v) is 7.23. The number of carbonyl (C=O) groups excluding carboxylic acids is 1. The maximum Gasteiger partial charge on any atom is 0.289 e. The second-order valence-electron chi connectivity index (χ2n) is 5.76. The van der Waals surface area contributed by atoms with Crippen LogP contribution in [0.25, 0.3) is 0 Å². The molecule has 2 aromatic rings. The van der Waals surface area contributed by atoms with Gasteiger partial charge in [0.2, 0.25) is 0 Å². The SMILES string of the molecule is Cc1cc(C)c(C(=O)N2C[C@@H](N)[C@H](c3ccccc3)C2)o1. The van der Waals surface area contributed by atoms with Crippen LogP contribution in [0.1, 0.15) is 33.4 Å². The Morgan fingerprint density at radius 1 is 1.24 bits per heavy atom. The minimum absolute atomic E-state index is 0.0345. The van der Waals surface area contributed by atoms with Crippen molar-refractivity contribution in [3.63, 3.8) is 0 Å². The highest BCUT2D eigenvalue weighted by molar-refractivity contribution is 5.93. The van der Waals surface area contributed by atoms with Crippen molar-refractivity contribution in [1.82, 2.24) is 4.90 Å². The summed E-state index contributed by atoms with van der Waals surface area (Å²) in [6.07, 6.45) is 0. The number of hydrogen-bond acceptors (Lipinski definition) is 3. The molecule has 2 heterocycles. The van der Waals surface area contributed by atoms with Gasteiger partial charge in [-0.05, 0) is 25.5 Å². The molecule has 1 amide bonds. The first-order chi connectivity index (χ1) is 10.1. The third-order valence-electron chi connectivity index (χ3n) is 4.12. The summed E-state index contributed by atoms with van der Waals surface area (Å²) in [6, 6.07) is 12.0. The van der Waals surface area contributed by atoms with Crippen LogP contribution in [0.2, 0.25) is 0 Å². The van der Waals surface area contributed by atoms with Crippen molar-refractivity contribution >= 4 is 5.91 Å². The zero-order valence-corrected chi connectivity index (χ0v) is 12.4. The zero-order chi connectivity index (χ0) is 15.0. The van der Waals surface area contributed by atoms with Gasteiger partial charge in [-0.1, -0.05) is 30.3 Å². The Morgan fingerprint density at radius 3 is 2.57 bits per heavy atom. The lowest BCUT2D eigenvalue weighted by Gasteiger charge is -2.15. The topological polar surface area (TPSA) is 59.5 Å². The Morgan fingerprint density at radius 2 is 1.95 bits per heavy atom. The molecule has 0 bridgehead atoms. The molecule has 1 aromatic heterocycles. The Kier molecular flexibility index (Phi) is 3.55. The highest BCUT2D eigenvalue weighted by atomic mass is 16.4. The van der Waals surface area contributed by atoms with Crippen LogP contribution in [0.15, 0.2) is 40.8 Å². The van der Waals surface area contributed by atoms with E-state index in [1.165, 1.54) is 5.56 Å². The Balaban J connectivity index is 1.80. The second kappa shape index (κ2) is 5.37. The van der Waals surface area contributed by atoms with Crippen molar-refractivity contribution in [2.75, 3.05) is 13.1 Å². The molecular formula is C17H20N2O2. The summed E-state index contributed by atoms with van der Waals surface area (Å²) in [4.78, 5) is 14.4. The van der Waals surface area contributed by atoms with Crippen molar-refractivity contribution < 1.29 is 9.21 Å². The van der Waals surface area contributed by atoms with E-state index in [1.807, 2.05) is 38.1 Å². The molecule has 2 atom stereocenters. The number of rotatable bonds is 2. The van der Waals surface area contributed by atoms with Crippen LogP contribution in [0.5, 0.6) is 0 Å². The molecule has 0 radical (unpaired) electrons. The van der Waals surface area contributed by atoms with E-state index in [1.54, 1.807) is 4.90 Å². The maximum atomic E-state index is 12.6. The second-order valence-corrected chi connectivity index (χ2v) is 5.76. The van der Waals surface area contributed by atoms with Gasteiger partial charge in [-0.25, -0.2) is 0 Å². The summed E-state index contributed by atoms with van der Waals surface area (Å²) in [5, 5.41) is 0. The minimum Gasteiger partial charge on any atom is -0.456 e. The lowest BCUT2D eigenvalue weighted by Crippen LogP contribution is -2.32. The molecule has 4 nitrogen and oxygen atoms in total. The van der Waals surface area contributed by atoms with E-state index in [-0.39, 0.29) is 17.9 Å². The van der Waals surface area contributed by atoms with Gasteiger partial charge in [0, 0.05) is 30.6 Å². The molecule has 1 aromatic carbocycles. The van der Waals surface area contributed by atoms with Crippen molar-refractivity contribution in [3.05, 3.63) is 59.0 Å². The summed E-state index contributed by atoms with van der Waals surface area (Å²) in [6.45, 7) is 4.96. The average Bonchev–Trinajstić information content (AvgIpc) is 3.02. The molecule has 2 N–H and O–H groups in total. The third-order valence-corrected chi connectivity index (χ3v) is 4.12. The molecule has 21 heavy (non-hydrogen) atoms. The highest BCUT2D eigenvalue weighted by Crippen LogP contribution is 2.28. The number of hydrogen-bond donors (Lipinski definition) is 1. The van der Waals surface area contributed by atoms with Gasteiger partial charge in [-0.2, -0.15) is 0 Å². The van der Waals surface area contributed by atoms with E-state index in [0.717, 1.165) is 11.3 Å². The molecule has 1 aliphatic heterocycles. The number of aryl methyl sites for hydroxylation is 2. The van der Waals surface area contributed by atoms with E-state index in [4.69, 9.17) is 10.2 Å². The van der Waals surface area contributed by atoms with Crippen molar-refractivity contribution in [3.8, 4) is 0 Å². The van der Waals surface area contributed by atoms with Gasteiger partial charge in [0.25, 0.3) is 5.91 Å². The molecule has 0 spiro atoms. The smallest absolute Gasteiger partial charge is 0.289 e. The standard InChI is InChI=1S/C17H20N2O2/c1-11-8-12(2)21-16(11)17(20)19-9-14(15(18)10-19)13-6-4-3-5-7-13/h3-8,14-15H,9-10,18H2,1-2H3/t14-,15+/m0/s1. The largest absolute Gasteiger partial charge is 0.456 e. The molecule has 0 unspecified atom stereocenters. The normalized spacial score (nSPS) is 21.8. The fraction of sp³-hybridized carbons (Fsp3) is 0.353. The van der Waals surface area contributed by atoms with E-state index in [2.05, 4.69) is 12.1 Å². The minimum atomic E-state index is -0.0607. The van der Waals surface area contributed by atoms with Crippen molar-refractivity contribution in [1.29, 1.82) is 0 Å². The van der Waals surface area contributed by atoms with Gasteiger partial charge in [0.05, 0.1) is 0 Å². The zero-order valence-electron chi connectivity index (χ0n) is 12.4. The van der Waals surface area contributed by atoms with Crippen LogP contribution in [0.4, 0.5) is 0 Å². The lowest BCUT2D eigenvalue weighted by atomic mass is 9.95. The van der Waals surface area contributed by atoms with Gasteiger partial charge in [0.1, 0.15) is 5.76 Å². The lowest BCUT2D eigenvalue weighted by molar-refractivity contribution is 0.0755. The predicted molar refractivity (Wildman–Crippen MR) is 81.2 cm³/mol. The summed E-state index contributed by atoms with van der Waals surface area (Å²) in [5.41, 5.74) is 8.31. The Bertz CT molecular complexity index is 648. The molecule has 3 rings (SSSR count). The maximum absolute atomic E-state index is 12.6. The van der Waals surface area contributed by atoms with Crippen LogP contribution < -0.4 is 5.73 Å². The number of carbonyl (C=O) groups is 1. The average molecular weight is 284 g/mol. The van der Waals surface area contributed by atoms with Crippen LogP contribution in [0, 0.1) is 13.8 Å². The van der Waals surface area contributed by atoms with Gasteiger partial charge < -0.3 is 15.1 Å². The molecule has 4 heteroatoms. The summed E-state index contributed by atoms with van der Waals surface area (Å²) in [7, 11) is 0. The van der Waals surface area contributed by atoms with E-state index < -0.39 is 0 Å². The number of benzene rings is 1. The highest BCUT2D eigenvalue weighted by Gasteiger charge is 2.35. The van der Waals surface area contributed by atoms with Crippen LogP contribution in [0.3, 0.4) is 0 Å². The number of amides is 1. The van der Waals surface area contributed by atoms with E-state index in [9.17, 15) is 4.79 Å². The van der Waals surface area contributed by atoms with E-state index in [0.29, 0.717) is 18.8 Å². The summed E-state index contributed by atoms with van der Waals surface area (Å²) in [5.74, 6) is 1.33. The molecule has 1 saturated heterocycles. The molecule has 0 saturated carbocycles. The number of nitrogens with zero attached hydrogens (tertiary/aromatic N) is 1. The van der Waals surface area contributed by atoms with Gasteiger partial charge >= 0.3 is 0 Å². The summed E-state index contributed by atoms with van der Waals surface area (Å²) < 4.78 is 5.53. The molecule has 1 fully saturated rings. The molecular weight excluding hydrogens is 264 g/mol. The van der Waals surface area contributed by atoms with Crippen LogP contribution >= 0.6 is 0 Å². The fourth-order valence-corrected chi connectivity index (χ4v) is 3.05. The Labute approximate surface area is 124 Å². The van der Waals surface area contributed by atoms with E-state index >= 15 is 0 Å². The van der Waals surface area contributed by atoms with Gasteiger partial charge in [-0.3, -0.25) is 4.79 Å². The number of furan rings is 1. The van der Waals surface area contributed by atoms with Crippen molar-refractivity contribution in [2.24, 2.45) is 5.73 Å². The first-order valence-electron chi connectivity index (χ1n) is 7.23. The predicted octanol–water partition coefficient (Wildman–Crippen LogP) is 2.46. The summed E-state index contributed by atoms with van der Waals surface area (Å²) >= 11 is 0. The Hall–Kier alpha value is -2.07. The number of nitrogens with two attached hydrogens (primary N) is 1. The van der Waals surface area contributed by atoms with Crippen molar-refractivity contribution in [2.45, 2.75) is 25.8 Å². The molecule has 1 aliphatic rings. The molecule has 0 aliphatic carbocycles. The first kappa shape index (κ1) is 13.9. The van der Waals surface area contributed by atoms with Gasteiger partial charge in [0.15, 0.2) is 5.76 Å². The van der Waals surface area contributed by atoms with Gasteiger partial charge in [-0.15, -0.1) is 0 Å². The fourth-order valence-electron chi connectivity index (χ4n) is 3.05. The molecule has 110 valence electrons. The van der Waals surface area contributed by atoms with Crippen LogP contribution in [-0.4, -0.2) is 29.9 Å². The quantitative estimate of drug-likeness (QED) is 0.921. The monoisotopic (exact) mass is 284 g/mol. The van der Waals surface area contributed by atoms with Crippen LogP contribution in [-0.2, 0) is 0 Å². The third kappa shape index (κ3) is 2.59.